The van der Waals surface area contributed by atoms with Gasteiger partial charge in [-0.05, 0) is 210 Å². The van der Waals surface area contributed by atoms with E-state index in [1.54, 1.807) is 70.3 Å². The molecule has 14 N–H and O–H groups in total. The van der Waals surface area contributed by atoms with E-state index in [2.05, 4.69) is 0 Å². The van der Waals surface area contributed by atoms with E-state index in [-0.39, 0.29) is 121 Å². The molecular weight excluding hydrogens is 1910 g/mol. The average Bonchev–Trinajstić information content (AvgIpc) is 0.777. The summed E-state index contributed by atoms with van der Waals surface area (Å²) >= 11 is 0. The van der Waals surface area contributed by atoms with E-state index in [0.717, 1.165) is 64.7 Å². The van der Waals surface area contributed by atoms with Crippen molar-refractivity contribution >= 4 is 53.2 Å². The third kappa shape index (κ3) is 27.6. The lowest BCUT2D eigenvalue weighted by molar-refractivity contribution is -0.193. The second-order valence-corrected chi connectivity index (χ2v) is 29.7. The van der Waals surface area contributed by atoms with Gasteiger partial charge in [0, 0.05) is 38.9 Å². The van der Waals surface area contributed by atoms with Crippen LogP contribution in [0.3, 0.4) is 0 Å². The van der Waals surface area contributed by atoms with Crippen molar-refractivity contribution < 1.29 is 200 Å². The molecule has 145 heavy (non-hydrogen) atoms. The Kier molecular flexibility index (Phi) is 43.3. The molecule has 0 aliphatic carbocycles. The van der Waals surface area contributed by atoms with Gasteiger partial charge in [0.25, 0.3) is 0 Å². The van der Waals surface area contributed by atoms with Gasteiger partial charge in [-0.15, -0.1) is 0 Å². The molecule has 0 atom stereocenters. The highest BCUT2D eigenvalue weighted by Gasteiger charge is 2.31. The number of ether oxygens (including phenoxy) is 16. The molecule has 0 aliphatic heterocycles. The summed E-state index contributed by atoms with van der Waals surface area (Å²) in [6.45, 7) is 15.0. The molecule has 0 aromatic heterocycles. The van der Waals surface area contributed by atoms with E-state index in [1.807, 2.05) is 52.8 Å². The number of rotatable bonds is 28. The minimum absolute atomic E-state index is 0.0151. The van der Waals surface area contributed by atoms with Crippen molar-refractivity contribution in [2.45, 2.75) is 55.4 Å². The molecule has 0 amide bonds. The summed E-state index contributed by atoms with van der Waals surface area (Å²) in [6.07, 6.45) is -0.427. The first-order valence-corrected chi connectivity index (χ1v) is 41.9. The van der Waals surface area contributed by atoms with E-state index in [4.69, 9.17) is 95.0 Å². The van der Waals surface area contributed by atoms with Crippen LogP contribution in [0.4, 0.5) is 4.79 Å². The predicted octanol–water partition coefficient (Wildman–Crippen LogP) is 15.0. The van der Waals surface area contributed by atoms with E-state index in [1.165, 1.54) is 140 Å². The number of methoxy groups -OCH3 is 14. The summed E-state index contributed by atoms with van der Waals surface area (Å²) in [6, 6.07) is 34.2. The zero-order chi connectivity index (χ0) is 109. The molecule has 0 saturated carbocycles. The molecule has 41 heteroatoms. The highest BCUT2D eigenvalue weighted by Crippen LogP contribution is 2.48. The van der Waals surface area contributed by atoms with Gasteiger partial charge in [-0.3, -0.25) is 28.8 Å². The van der Waals surface area contributed by atoms with E-state index < -0.39 is 104 Å². The van der Waals surface area contributed by atoms with Crippen LogP contribution in [0.15, 0.2) is 146 Å². The van der Waals surface area contributed by atoms with Crippen molar-refractivity contribution in [1.29, 1.82) is 0 Å². The van der Waals surface area contributed by atoms with Crippen molar-refractivity contribution in [1.82, 2.24) is 0 Å². The Hall–Kier alpha value is -18.9. The fraction of sp³-hybridized carbons (Fsp3) is 0.221. The summed E-state index contributed by atoms with van der Waals surface area (Å²) in [5.41, 5.74) is 7.95. The first-order valence-electron chi connectivity index (χ1n) is 41.9. The van der Waals surface area contributed by atoms with Crippen LogP contribution in [-0.2, 0) is 23.9 Å². The highest BCUT2D eigenvalue weighted by atomic mass is 16.7. The van der Waals surface area contributed by atoms with Crippen LogP contribution >= 0.6 is 0 Å². The number of aryl methyl sites for hydroxylation is 4. The molecule has 12 aromatic rings. The molecule has 0 heterocycles. The summed E-state index contributed by atoms with van der Waals surface area (Å²) in [7, 11) is 20.3. The smallest absolute Gasteiger partial charge is 0.504 e. The van der Waals surface area contributed by atoms with Crippen molar-refractivity contribution in [2.75, 3.05) is 106 Å². The molecule has 0 fully saturated rings. The lowest BCUT2D eigenvalue weighted by atomic mass is 9.93. The van der Waals surface area contributed by atoms with Gasteiger partial charge in [0.05, 0.1) is 134 Å². The zero-order valence-corrected chi connectivity index (χ0v) is 82.3. The maximum atomic E-state index is 13.0. The minimum Gasteiger partial charge on any atom is -0.504 e. The second kappa shape index (κ2) is 53.9. The van der Waals surface area contributed by atoms with Crippen molar-refractivity contribution in [2.24, 2.45) is 0 Å². The number of aromatic hydroxyl groups is 14. The fourth-order valence-corrected chi connectivity index (χ4v) is 13.4. The summed E-state index contributed by atoms with van der Waals surface area (Å²) in [5, 5.41) is 134. The van der Waals surface area contributed by atoms with Crippen LogP contribution in [0.2, 0.25) is 0 Å². The van der Waals surface area contributed by atoms with Gasteiger partial charge >= 0.3 is 18.5 Å². The third-order valence-electron chi connectivity index (χ3n) is 21.4. The first kappa shape index (κ1) is 117. The molecule has 0 aliphatic rings. The Morgan fingerprint density at radius 3 is 0.772 bits per heavy atom. The van der Waals surface area contributed by atoms with Crippen LogP contribution < -0.4 is 71.1 Å². The zero-order valence-electron chi connectivity index (χ0n) is 82.3. The van der Waals surface area contributed by atoms with Crippen molar-refractivity contribution in [3.63, 3.8) is 0 Å². The standard InChI is InChI=1S/C20H22O8.C19H22O5.C19H22O4.C16H16O7.C14H12O7.C14H12O6.2CO2/c1-6-27-20(23)28-19-14(24-3)9-12(10-15(19)25-4)17(22)13-8-7-11(2)16(21)18(13)26-5;1-11-7-8-14(18(23-5)12(11)2)17(20)13-9-15(21-3)19(24-6)16(10-13)22-4;1-11-7-8-15(13(3)12(11)2)18(20)14-9-16(21-4)19(23-6)17(10-14)22-5;1-21-11-6-8(7-12(22-2)16(11)23-3)13(18)9-4-5-10(17)15(20)14(9)19;1-21-14-9(16)4-6(5-10(14)17)11(18)7-2-3-8(15)13(20)12(7)19;1-6-2-3-8(13(19)11(6)17)12(18)7-4-9(15)14(20)10(16)5-7;2*2-1-3/h7-10,21H,6H2,1-5H3;7-10H,1-6H3;7-10H,1-6H3;4-7,17,19-20H,1-3H3;2-5,15-17,19-20H,1H3;2-5,15-17,19-20H,1H3;;. The normalized spacial score (nSPS) is 9.97. The Balaban J connectivity index is 0.000000303. The van der Waals surface area contributed by atoms with Crippen LogP contribution in [-0.4, -0.2) is 231 Å². The Morgan fingerprint density at radius 2 is 0.462 bits per heavy atom. The summed E-state index contributed by atoms with van der Waals surface area (Å²) in [5.74, 6) is -6.79. The van der Waals surface area contributed by atoms with Crippen LogP contribution in [0.25, 0.3) is 0 Å². The van der Waals surface area contributed by atoms with E-state index >= 15 is 0 Å². The summed E-state index contributed by atoms with van der Waals surface area (Å²) in [4.78, 5) is 120. The molecule has 768 valence electrons. The molecular formula is C104H106O41. The van der Waals surface area contributed by atoms with Crippen LogP contribution in [0.5, 0.6) is 167 Å². The largest absolute Gasteiger partial charge is 0.514 e. The van der Waals surface area contributed by atoms with Gasteiger partial charge in [0.1, 0.15) is 5.75 Å². The average molecular weight is 2010 g/mol. The van der Waals surface area contributed by atoms with Crippen molar-refractivity contribution in [3.05, 3.63) is 251 Å². The van der Waals surface area contributed by atoms with Gasteiger partial charge in [-0.1, -0.05) is 30.3 Å². The maximum absolute atomic E-state index is 13.0. The fourth-order valence-electron chi connectivity index (χ4n) is 13.4. The first-order chi connectivity index (χ1) is 68.7. The number of carbonyl (C=O) groups is 7. The van der Waals surface area contributed by atoms with Crippen LogP contribution in [0.1, 0.15) is 141 Å². The summed E-state index contributed by atoms with van der Waals surface area (Å²) < 4.78 is 83.2. The van der Waals surface area contributed by atoms with Crippen molar-refractivity contribution in [3.8, 4) is 167 Å². The Bertz CT molecular complexity index is 6550. The maximum Gasteiger partial charge on any atom is 0.514 e. The SMILES string of the molecule is CCOC(=O)Oc1c(OC)cc(C(=O)c2ccc(C)c(O)c2OC)cc1OC.COc1c(O)cc(C(=O)c2ccc(O)c(O)c2O)cc1O.COc1cc(C(=O)c2ccc(C)c(C)c2C)cc(OC)c1OC.COc1cc(C(=O)c2ccc(C)c(C)c2OC)cc(OC)c1OC.COc1cc(C(=O)c2ccc(O)c(O)c2O)cc(OC)c1OC.Cc1ccc(C(=O)c2cc(O)c(O)c(O)c2)c(O)c1O.O=C=O.O=C=O. The third-order valence-corrected chi connectivity index (χ3v) is 21.4. The van der Waals surface area contributed by atoms with Gasteiger partial charge in [-0.25, -0.2) is 4.79 Å². The molecule has 0 unspecified atom stereocenters. The van der Waals surface area contributed by atoms with Gasteiger partial charge < -0.3 is 147 Å². The minimum atomic E-state index is -0.927. The number of phenolic OH excluding ortho intramolecular Hbond substituents is 14. The number of hydrogen-bond acceptors (Lipinski definition) is 41. The topological polar surface area (TPSA) is 619 Å². The molecule has 0 radical (unpaired) electrons. The van der Waals surface area contributed by atoms with Gasteiger partial charge in [-0.2, -0.15) is 19.2 Å². The lowest BCUT2D eigenvalue weighted by Gasteiger charge is -2.16. The molecule has 12 rings (SSSR count). The number of phenols is 14. The van der Waals surface area contributed by atoms with E-state index in [9.17, 15) is 105 Å². The molecule has 41 nitrogen and oxygen atoms in total. The number of hydrogen-bond donors (Lipinski definition) is 14. The predicted molar refractivity (Wildman–Crippen MR) is 514 cm³/mol. The molecule has 0 saturated heterocycles. The van der Waals surface area contributed by atoms with E-state index in [0.29, 0.717) is 79.4 Å². The second-order valence-electron chi connectivity index (χ2n) is 29.7. The Labute approximate surface area is 828 Å². The quantitative estimate of drug-likeness (QED) is 0.00937. The van der Waals surface area contributed by atoms with Gasteiger partial charge in [0.2, 0.25) is 40.2 Å². The Morgan fingerprint density at radius 1 is 0.221 bits per heavy atom. The number of ketones is 6. The number of benzene rings is 12. The highest BCUT2D eigenvalue weighted by molar-refractivity contribution is 6.15. The van der Waals surface area contributed by atoms with Crippen LogP contribution in [0, 0.1) is 48.5 Å². The monoisotopic (exact) mass is 2010 g/mol. The number of carbonyl (C=O) groups excluding carboxylic acids is 11. The lowest BCUT2D eigenvalue weighted by Crippen LogP contribution is -2.12. The molecule has 0 bridgehead atoms. The van der Waals surface area contributed by atoms with Gasteiger partial charge in [0.15, 0.2) is 155 Å². The molecule has 0 spiro atoms. The molecule has 12 aromatic carbocycles.